The smallest absolute Gasteiger partial charge is 0.325 e. The lowest BCUT2D eigenvalue weighted by molar-refractivity contribution is 0.576. The zero-order chi connectivity index (χ0) is 15.5. The van der Waals surface area contributed by atoms with Crippen LogP contribution >= 0.6 is 0 Å². The van der Waals surface area contributed by atoms with E-state index in [1.54, 1.807) is 6.07 Å². The first-order valence-corrected chi connectivity index (χ1v) is 7.04. The number of anilines is 1. The zero-order valence-electron chi connectivity index (χ0n) is 11.8. The quantitative estimate of drug-likeness (QED) is 0.827. The van der Waals surface area contributed by atoms with E-state index >= 15 is 0 Å². The summed E-state index contributed by atoms with van der Waals surface area (Å²) in [4.78, 5) is 29.6. The standard InChI is InChI=1S/C14H14N6O2/c15-7-11-12(20-4-2-1-3-5-20)6-10(18-19-11)9-8-16-14(22)17-13(9)21/h6,8H,1-5H2,(H2,16,17,21,22). The van der Waals surface area contributed by atoms with Gasteiger partial charge in [-0.15, -0.1) is 10.2 Å². The highest BCUT2D eigenvalue weighted by molar-refractivity contribution is 5.66. The van der Waals surface area contributed by atoms with Crippen molar-refractivity contribution in [3.63, 3.8) is 0 Å². The SMILES string of the molecule is N#Cc1nnc(-c2c[nH]c(=O)[nH]c2=O)cc1N1CCCCC1. The highest BCUT2D eigenvalue weighted by Gasteiger charge is 2.18. The van der Waals surface area contributed by atoms with Crippen LogP contribution < -0.4 is 16.1 Å². The summed E-state index contributed by atoms with van der Waals surface area (Å²) < 4.78 is 0. The fourth-order valence-corrected chi connectivity index (χ4v) is 2.57. The van der Waals surface area contributed by atoms with Crippen LogP contribution in [0.5, 0.6) is 0 Å². The van der Waals surface area contributed by atoms with Crippen molar-refractivity contribution in [2.45, 2.75) is 19.3 Å². The molecule has 1 saturated heterocycles. The maximum absolute atomic E-state index is 11.9. The molecule has 1 aliphatic heterocycles. The summed E-state index contributed by atoms with van der Waals surface area (Å²) in [5.41, 5.74) is 0.357. The van der Waals surface area contributed by atoms with Crippen LogP contribution in [0.2, 0.25) is 0 Å². The third-order valence-electron chi connectivity index (χ3n) is 3.67. The van der Waals surface area contributed by atoms with E-state index in [4.69, 9.17) is 0 Å². The van der Waals surface area contributed by atoms with Gasteiger partial charge in [0, 0.05) is 19.3 Å². The number of aromatic amines is 2. The van der Waals surface area contributed by atoms with E-state index in [1.807, 2.05) is 6.07 Å². The number of rotatable bonds is 2. The molecule has 8 heteroatoms. The summed E-state index contributed by atoms with van der Waals surface area (Å²) >= 11 is 0. The topological polar surface area (TPSA) is 119 Å². The minimum Gasteiger partial charge on any atom is -0.369 e. The molecule has 0 atom stereocenters. The molecular weight excluding hydrogens is 284 g/mol. The fourth-order valence-electron chi connectivity index (χ4n) is 2.57. The molecule has 0 saturated carbocycles. The number of nitriles is 1. The molecule has 2 aromatic heterocycles. The van der Waals surface area contributed by atoms with Gasteiger partial charge in [-0.05, 0) is 25.3 Å². The summed E-state index contributed by atoms with van der Waals surface area (Å²) in [5.74, 6) is 0. The second-order valence-corrected chi connectivity index (χ2v) is 5.11. The van der Waals surface area contributed by atoms with Gasteiger partial charge in [-0.1, -0.05) is 0 Å². The van der Waals surface area contributed by atoms with Crippen molar-refractivity contribution in [2.75, 3.05) is 18.0 Å². The van der Waals surface area contributed by atoms with E-state index < -0.39 is 11.2 Å². The molecule has 0 spiro atoms. The average molecular weight is 298 g/mol. The molecule has 1 aliphatic rings. The lowest BCUT2D eigenvalue weighted by Gasteiger charge is -2.29. The molecule has 0 aliphatic carbocycles. The molecule has 112 valence electrons. The van der Waals surface area contributed by atoms with Crippen LogP contribution in [-0.4, -0.2) is 33.3 Å². The van der Waals surface area contributed by atoms with E-state index in [0.29, 0.717) is 11.4 Å². The van der Waals surface area contributed by atoms with Crippen molar-refractivity contribution in [3.05, 3.63) is 38.8 Å². The molecule has 0 bridgehead atoms. The van der Waals surface area contributed by atoms with Gasteiger partial charge in [0.1, 0.15) is 11.8 Å². The molecule has 0 amide bonds. The van der Waals surface area contributed by atoms with Crippen LogP contribution in [0.1, 0.15) is 25.0 Å². The monoisotopic (exact) mass is 298 g/mol. The van der Waals surface area contributed by atoms with Crippen molar-refractivity contribution in [1.82, 2.24) is 20.2 Å². The maximum atomic E-state index is 11.9. The van der Waals surface area contributed by atoms with E-state index in [1.165, 1.54) is 12.6 Å². The van der Waals surface area contributed by atoms with E-state index in [-0.39, 0.29) is 11.3 Å². The van der Waals surface area contributed by atoms with Crippen LogP contribution in [0.3, 0.4) is 0 Å². The number of hydrogen-bond acceptors (Lipinski definition) is 6. The predicted octanol–water partition coefficient (Wildman–Crippen LogP) is 0.382. The number of nitrogens with one attached hydrogen (secondary N) is 2. The van der Waals surface area contributed by atoms with Gasteiger partial charge in [0.2, 0.25) is 0 Å². The largest absolute Gasteiger partial charge is 0.369 e. The van der Waals surface area contributed by atoms with E-state index in [9.17, 15) is 14.9 Å². The van der Waals surface area contributed by atoms with Gasteiger partial charge >= 0.3 is 5.69 Å². The number of piperidine rings is 1. The van der Waals surface area contributed by atoms with Crippen LogP contribution in [0, 0.1) is 11.3 Å². The Morgan fingerprint density at radius 2 is 1.95 bits per heavy atom. The Hall–Kier alpha value is -2.95. The number of aromatic nitrogens is 4. The summed E-state index contributed by atoms with van der Waals surface area (Å²) in [6, 6.07) is 3.72. The number of hydrogen-bond donors (Lipinski definition) is 2. The number of nitrogens with zero attached hydrogens (tertiary/aromatic N) is 4. The third-order valence-corrected chi connectivity index (χ3v) is 3.67. The van der Waals surface area contributed by atoms with Gasteiger partial charge in [-0.3, -0.25) is 9.78 Å². The summed E-state index contributed by atoms with van der Waals surface area (Å²) in [6.45, 7) is 1.70. The van der Waals surface area contributed by atoms with E-state index in [2.05, 4.69) is 25.1 Å². The summed E-state index contributed by atoms with van der Waals surface area (Å²) in [5, 5.41) is 17.0. The van der Waals surface area contributed by atoms with E-state index in [0.717, 1.165) is 25.9 Å². The van der Waals surface area contributed by atoms with Crippen molar-refractivity contribution in [1.29, 1.82) is 5.26 Å². The van der Waals surface area contributed by atoms with Gasteiger partial charge in [0.25, 0.3) is 5.56 Å². The Bertz CT molecular complexity index is 841. The Morgan fingerprint density at radius 1 is 1.18 bits per heavy atom. The van der Waals surface area contributed by atoms with Crippen LogP contribution in [-0.2, 0) is 0 Å². The first-order valence-electron chi connectivity index (χ1n) is 7.04. The highest BCUT2D eigenvalue weighted by Crippen LogP contribution is 2.25. The second kappa shape index (κ2) is 5.81. The molecule has 3 heterocycles. The third kappa shape index (κ3) is 2.61. The first-order chi connectivity index (χ1) is 10.7. The molecule has 2 aromatic rings. The van der Waals surface area contributed by atoms with Gasteiger partial charge < -0.3 is 9.88 Å². The van der Waals surface area contributed by atoms with Crippen molar-refractivity contribution in [2.24, 2.45) is 0 Å². The van der Waals surface area contributed by atoms with Gasteiger partial charge in [-0.25, -0.2) is 4.79 Å². The van der Waals surface area contributed by atoms with Gasteiger partial charge in [0.05, 0.1) is 11.3 Å². The Labute approximate surface area is 125 Å². The first kappa shape index (κ1) is 14.0. The Morgan fingerprint density at radius 3 is 2.64 bits per heavy atom. The number of H-pyrrole nitrogens is 2. The zero-order valence-corrected chi connectivity index (χ0v) is 11.8. The minimum absolute atomic E-state index is 0.217. The van der Waals surface area contributed by atoms with Crippen LogP contribution in [0.15, 0.2) is 21.9 Å². The van der Waals surface area contributed by atoms with Gasteiger partial charge in [0.15, 0.2) is 5.69 Å². The predicted molar refractivity (Wildman–Crippen MR) is 79.5 cm³/mol. The molecule has 0 aromatic carbocycles. The van der Waals surface area contributed by atoms with Crippen LogP contribution in [0.4, 0.5) is 5.69 Å². The van der Waals surface area contributed by atoms with Crippen molar-refractivity contribution in [3.8, 4) is 17.3 Å². The molecule has 3 rings (SSSR count). The maximum Gasteiger partial charge on any atom is 0.325 e. The van der Waals surface area contributed by atoms with Gasteiger partial charge in [-0.2, -0.15) is 5.26 Å². The molecule has 2 N–H and O–H groups in total. The highest BCUT2D eigenvalue weighted by atomic mass is 16.2. The molecule has 0 radical (unpaired) electrons. The summed E-state index contributed by atoms with van der Waals surface area (Å²) in [7, 11) is 0. The average Bonchev–Trinajstić information content (AvgIpc) is 2.55. The molecule has 22 heavy (non-hydrogen) atoms. The molecule has 1 fully saturated rings. The van der Waals surface area contributed by atoms with Crippen molar-refractivity contribution < 1.29 is 0 Å². The normalized spacial score (nSPS) is 14.6. The Balaban J connectivity index is 2.08. The molecule has 8 nitrogen and oxygen atoms in total. The fraction of sp³-hybridized carbons (Fsp3) is 0.357. The van der Waals surface area contributed by atoms with Crippen molar-refractivity contribution >= 4 is 5.69 Å². The second-order valence-electron chi connectivity index (χ2n) is 5.11. The molecular formula is C14H14N6O2. The summed E-state index contributed by atoms with van der Waals surface area (Å²) in [6.07, 6.45) is 4.59. The minimum atomic E-state index is -0.577. The van der Waals surface area contributed by atoms with Crippen LogP contribution in [0.25, 0.3) is 11.3 Å². The Kier molecular flexibility index (Phi) is 3.70. The molecule has 0 unspecified atom stereocenters. The lowest BCUT2D eigenvalue weighted by atomic mass is 10.1. The lowest BCUT2D eigenvalue weighted by Crippen LogP contribution is -2.30.